The number of rotatable bonds is 3. The molecule has 0 unspecified atom stereocenters. The van der Waals surface area contributed by atoms with Gasteiger partial charge in [0.25, 0.3) is 0 Å². The van der Waals surface area contributed by atoms with Crippen LogP contribution in [0.25, 0.3) is 0 Å². The molecule has 1 aromatic heterocycles. The van der Waals surface area contributed by atoms with E-state index >= 15 is 0 Å². The maximum Gasteiger partial charge on any atom is 0.135 e. The summed E-state index contributed by atoms with van der Waals surface area (Å²) in [5.74, 6) is 2.71. The van der Waals surface area contributed by atoms with Crippen molar-refractivity contribution in [3.63, 3.8) is 0 Å². The Bertz CT molecular complexity index is 645. The molecule has 0 spiro atoms. The summed E-state index contributed by atoms with van der Waals surface area (Å²) in [6, 6.07) is 8.34. The molecule has 4 nitrogen and oxygen atoms in total. The van der Waals surface area contributed by atoms with Gasteiger partial charge < -0.3 is 10.2 Å². The van der Waals surface area contributed by atoms with Gasteiger partial charge in [-0.25, -0.2) is 9.97 Å². The van der Waals surface area contributed by atoms with Crippen LogP contribution in [-0.4, -0.2) is 23.1 Å². The predicted molar refractivity (Wildman–Crippen MR) is 91.8 cm³/mol. The highest BCUT2D eigenvalue weighted by atomic mass is 15.2. The number of nitrogens with one attached hydrogen (secondary N) is 1. The lowest BCUT2D eigenvalue weighted by Crippen LogP contribution is -2.33. The van der Waals surface area contributed by atoms with Gasteiger partial charge in [-0.3, -0.25) is 0 Å². The van der Waals surface area contributed by atoms with E-state index in [-0.39, 0.29) is 0 Å². The van der Waals surface area contributed by atoms with E-state index in [0.29, 0.717) is 0 Å². The van der Waals surface area contributed by atoms with Gasteiger partial charge in [0.1, 0.15) is 18.0 Å². The lowest BCUT2D eigenvalue weighted by Gasteiger charge is -2.31. The zero-order chi connectivity index (χ0) is 15.5. The number of aromatic nitrogens is 2. The molecule has 1 saturated heterocycles. The molecule has 0 saturated carbocycles. The Labute approximate surface area is 132 Å². The normalized spacial score (nSPS) is 15.9. The summed E-state index contributed by atoms with van der Waals surface area (Å²) in [4.78, 5) is 11.2. The minimum Gasteiger partial charge on any atom is -0.356 e. The molecule has 1 fully saturated rings. The van der Waals surface area contributed by atoms with Gasteiger partial charge in [-0.1, -0.05) is 19.1 Å². The lowest BCUT2D eigenvalue weighted by molar-refractivity contribution is 0.436. The first-order chi connectivity index (χ1) is 10.6. The molecular weight excluding hydrogens is 272 g/mol. The molecule has 0 aliphatic carbocycles. The van der Waals surface area contributed by atoms with Gasteiger partial charge in [-0.15, -0.1) is 0 Å². The van der Waals surface area contributed by atoms with E-state index in [1.807, 2.05) is 0 Å². The number of piperidine rings is 1. The largest absolute Gasteiger partial charge is 0.356 e. The molecule has 1 aromatic carbocycles. The van der Waals surface area contributed by atoms with Crippen LogP contribution in [0.3, 0.4) is 0 Å². The van der Waals surface area contributed by atoms with Gasteiger partial charge in [0.2, 0.25) is 0 Å². The van der Waals surface area contributed by atoms with Crippen LogP contribution in [-0.2, 0) is 0 Å². The van der Waals surface area contributed by atoms with E-state index in [2.05, 4.69) is 65.2 Å². The predicted octanol–water partition coefficient (Wildman–Crippen LogP) is 4.07. The van der Waals surface area contributed by atoms with Gasteiger partial charge in [0, 0.05) is 24.8 Å². The minimum atomic E-state index is 0.825. The Morgan fingerprint density at radius 1 is 1.14 bits per heavy atom. The number of nitrogens with zero attached hydrogens (tertiary/aromatic N) is 3. The second-order valence-corrected chi connectivity index (χ2v) is 6.30. The second-order valence-electron chi connectivity index (χ2n) is 6.30. The van der Waals surface area contributed by atoms with E-state index in [1.165, 1.54) is 24.0 Å². The molecule has 4 heteroatoms. The molecule has 0 bridgehead atoms. The van der Waals surface area contributed by atoms with Crippen molar-refractivity contribution in [2.45, 2.75) is 33.6 Å². The van der Waals surface area contributed by atoms with Crippen molar-refractivity contribution < 1.29 is 0 Å². The van der Waals surface area contributed by atoms with E-state index in [1.54, 1.807) is 6.33 Å². The molecule has 116 valence electrons. The molecule has 1 N–H and O–H groups in total. The van der Waals surface area contributed by atoms with Crippen LogP contribution in [0.15, 0.2) is 30.6 Å². The fraction of sp³-hybridized carbons (Fsp3) is 0.444. The third-order valence-electron chi connectivity index (χ3n) is 4.63. The maximum atomic E-state index is 4.44. The molecular formula is C18H24N4. The molecule has 1 aliphatic heterocycles. The standard InChI is InChI=1S/C18H24N4/c1-13-7-9-22(10-8-13)18-11-17(19-12-20-18)21-16-6-4-5-14(2)15(16)3/h4-6,11-13H,7-10H2,1-3H3,(H,19,20,21). The molecule has 1 aliphatic rings. The molecule has 0 radical (unpaired) electrons. The van der Waals surface area contributed by atoms with Crippen molar-refractivity contribution in [2.24, 2.45) is 5.92 Å². The Kier molecular flexibility index (Phi) is 4.27. The van der Waals surface area contributed by atoms with Gasteiger partial charge in [-0.05, 0) is 49.8 Å². The summed E-state index contributed by atoms with van der Waals surface area (Å²) in [5, 5.41) is 3.42. The van der Waals surface area contributed by atoms with Crippen LogP contribution in [0.1, 0.15) is 30.9 Å². The lowest BCUT2D eigenvalue weighted by atomic mass is 9.99. The highest BCUT2D eigenvalue weighted by molar-refractivity contribution is 5.63. The van der Waals surface area contributed by atoms with Gasteiger partial charge in [-0.2, -0.15) is 0 Å². The fourth-order valence-corrected chi connectivity index (χ4v) is 2.85. The summed E-state index contributed by atoms with van der Waals surface area (Å²) in [7, 11) is 0. The average Bonchev–Trinajstić information content (AvgIpc) is 2.53. The Morgan fingerprint density at radius 2 is 1.91 bits per heavy atom. The monoisotopic (exact) mass is 296 g/mol. The highest BCUT2D eigenvalue weighted by Crippen LogP contribution is 2.25. The fourth-order valence-electron chi connectivity index (χ4n) is 2.85. The SMILES string of the molecule is Cc1cccc(Nc2cc(N3CCC(C)CC3)ncn2)c1C. The molecule has 2 heterocycles. The van der Waals surface area contributed by atoms with E-state index < -0.39 is 0 Å². The Hall–Kier alpha value is -2.10. The quantitative estimate of drug-likeness (QED) is 0.927. The number of anilines is 3. The van der Waals surface area contributed by atoms with Crippen molar-refractivity contribution in [3.05, 3.63) is 41.7 Å². The third kappa shape index (κ3) is 3.21. The molecule has 0 amide bonds. The van der Waals surface area contributed by atoms with E-state index in [4.69, 9.17) is 0 Å². The number of hydrogen-bond acceptors (Lipinski definition) is 4. The van der Waals surface area contributed by atoms with Crippen LogP contribution in [0.5, 0.6) is 0 Å². The summed E-state index contributed by atoms with van der Waals surface area (Å²) >= 11 is 0. The zero-order valence-electron chi connectivity index (χ0n) is 13.6. The highest BCUT2D eigenvalue weighted by Gasteiger charge is 2.17. The van der Waals surface area contributed by atoms with Crippen LogP contribution < -0.4 is 10.2 Å². The molecule has 0 atom stereocenters. The minimum absolute atomic E-state index is 0.825. The summed E-state index contributed by atoms with van der Waals surface area (Å²) in [6.07, 6.45) is 4.13. The summed E-state index contributed by atoms with van der Waals surface area (Å²) in [6.45, 7) is 8.75. The first kappa shape index (κ1) is 14.8. The zero-order valence-corrected chi connectivity index (χ0v) is 13.6. The summed E-state index contributed by atoms with van der Waals surface area (Å²) < 4.78 is 0. The summed E-state index contributed by atoms with van der Waals surface area (Å²) in [5.41, 5.74) is 3.65. The smallest absolute Gasteiger partial charge is 0.135 e. The van der Waals surface area contributed by atoms with Crippen molar-refractivity contribution >= 4 is 17.3 Å². The van der Waals surface area contributed by atoms with Gasteiger partial charge >= 0.3 is 0 Å². The Balaban J connectivity index is 1.78. The van der Waals surface area contributed by atoms with Crippen LogP contribution in [0, 0.1) is 19.8 Å². The van der Waals surface area contributed by atoms with Crippen molar-refractivity contribution in [1.82, 2.24) is 9.97 Å². The topological polar surface area (TPSA) is 41.0 Å². The van der Waals surface area contributed by atoms with Crippen LogP contribution in [0.4, 0.5) is 17.3 Å². The first-order valence-corrected chi connectivity index (χ1v) is 8.03. The molecule has 22 heavy (non-hydrogen) atoms. The van der Waals surface area contributed by atoms with E-state index in [9.17, 15) is 0 Å². The van der Waals surface area contributed by atoms with Gasteiger partial charge in [0.05, 0.1) is 0 Å². The average molecular weight is 296 g/mol. The van der Waals surface area contributed by atoms with Crippen LogP contribution in [0.2, 0.25) is 0 Å². The number of hydrogen-bond donors (Lipinski definition) is 1. The number of benzene rings is 1. The van der Waals surface area contributed by atoms with Crippen molar-refractivity contribution in [1.29, 1.82) is 0 Å². The third-order valence-corrected chi connectivity index (χ3v) is 4.63. The first-order valence-electron chi connectivity index (χ1n) is 8.03. The van der Waals surface area contributed by atoms with Gasteiger partial charge in [0.15, 0.2) is 0 Å². The molecule has 2 aromatic rings. The Morgan fingerprint density at radius 3 is 2.68 bits per heavy atom. The van der Waals surface area contributed by atoms with Crippen molar-refractivity contribution in [2.75, 3.05) is 23.3 Å². The maximum absolute atomic E-state index is 4.44. The molecule has 3 rings (SSSR count). The van der Waals surface area contributed by atoms with Crippen LogP contribution >= 0.6 is 0 Å². The second kappa shape index (κ2) is 6.34. The number of aryl methyl sites for hydroxylation is 1. The van der Waals surface area contributed by atoms with E-state index in [0.717, 1.165) is 36.3 Å². The van der Waals surface area contributed by atoms with Crippen molar-refractivity contribution in [3.8, 4) is 0 Å².